The first kappa shape index (κ1) is 21.6. The number of hydrogen-bond acceptors (Lipinski definition) is 3. The van der Waals surface area contributed by atoms with Crippen molar-refractivity contribution in [3.63, 3.8) is 0 Å². The van der Waals surface area contributed by atoms with Gasteiger partial charge >= 0.3 is 0 Å². The zero-order valence-electron chi connectivity index (χ0n) is 18.1. The third-order valence-corrected chi connectivity index (χ3v) is 5.77. The summed E-state index contributed by atoms with van der Waals surface area (Å²) in [5.41, 5.74) is 3.13. The van der Waals surface area contributed by atoms with Gasteiger partial charge in [0.15, 0.2) is 6.61 Å². The third kappa shape index (κ3) is 5.97. The second-order valence-corrected chi connectivity index (χ2v) is 8.14. The van der Waals surface area contributed by atoms with Crippen molar-refractivity contribution in [1.29, 1.82) is 0 Å². The van der Waals surface area contributed by atoms with Crippen LogP contribution in [0.4, 0.5) is 11.4 Å². The van der Waals surface area contributed by atoms with Crippen LogP contribution < -0.4 is 15.4 Å². The van der Waals surface area contributed by atoms with E-state index in [0.717, 1.165) is 0 Å². The summed E-state index contributed by atoms with van der Waals surface area (Å²) in [4.78, 5) is 24.6. The minimum Gasteiger partial charge on any atom is -0.484 e. The molecule has 0 bridgehead atoms. The number of nitrogens with one attached hydrogen (secondary N) is 2. The predicted octanol–water partition coefficient (Wildman–Crippen LogP) is 6.00. The molecular formula is C27H28N2O3. The van der Waals surface area contributed by atoms with Gasteiger partial charge in [0.25, 0.3) is 11.8 Å². The molecule has 0 heterocycles. The van der Waals surface area contributed by atoms with E-state index in [1.54, 1.807) is 36.4 Å². The average Bonchev–Trinajstić information content (AvgIpc) is 2.84. The molecule has 2 amide bonds. The Morgan fingerprint density at radius 2 is 1.47 bits per heavy atom. The molecule has 0 unspecified atom stereocenters. The second-order valence-electron chi connectivity index (χ2n) is 8.14. The Bertz CT molecular complexity index is 1040. The molecule has 3 aromatic rings. The van der Waals surface area contributed by atoms with Crippen LogP contribution in [0.5, 0.6) is 5.75 Å². The SMILES string of the molecule is O=C(COc1ccc(C2CCCCC2)cc1)Nc1cccc(NC(=O)c2ccccc2)c1. The molecule has 5 nitrogen and oxygen atoms in total. The molecule has 0 aliphatic heterocycles. The molecule has 1 saturated carbocycles. The minimum absolute atomic E-state index is 0.0800. The Balaban J connectivity index is 1.27. The third-order valence-electron chi connectivity index (χ3n) is 5.77. The van der Waals surface area contributed by atoms with Gasteiger partial charge in [0.2, 0.25) is 0 Å². The summed E-state index contributed by atoms with van der Waals surface area (Å²) in [6.07, 6.45) is 6.47. The van der Waals surface area contributed by atoms with E-state index in [4.69, 9.17) is 4.74 Å². The number of ether oxygens (including phenoxy) is 1. The molecule has 164 valence electrons. The Hall–Kier alpha value is -3.60. The van der Waals surface area contributed by atoms with E-state index in [1.165, 1.54) is 37.7 Å². The Morgan fingerprint density at radius 3 is 2.19 bits per heavy atom. The van der Waals surface area contributed by atoms with Crippen molar-refractivity contribution in [2.75, 3.05) is 17.2 Å². The highest BCUT2D eigenvalue weighted by atomic mass is 16.5. The van der Waals surface area contributed by atoms with Gasteiger partial charge in [-0.1, -0.05) is 55.7 Å². The molecule has 3 aromatic carbocycles. The van der Waals surface area contributed by atoms with Gasteiger partial charge < -0.3 is 15.4 Å². The van der Waals surface area contributed by atoms with Crippen LogP contribution in [0, 0.1) is 0 Å². The lowest BCUT2D eigenvalue weighted by molar-refractivity contribution is -0.118. The van der Waals surface area contributed by atoms with E-state index in [0.29, 0.717) is 28.6 Å². The van der Waals surface area contributed by atoms with E-state index in [-0.39, 0.29) is 18.4 Å². The molecule has 1 aliphatic rings. The standard InChI is InChI=1S/C27H28N2O3/c30-26(19-32-25-16-14-21(15-17-25)20-8-3-1-4-9-20)28-23-12-7-13-24(18-23)29-27(31)22-10-5-2-6-11-22/h2,5-7,10-18,20H,1,3-4,8-9,19H2,(H,28,30)(H,29,31). The molecule has 4 rings (SSSR count). The number of benzene rings is 3. The first-order chi connectivity index (χ1) is 15.7. The Morgan fingerprint density at radius 1 is 0.781 bits per heavy atom. The van der Waals surface area contributed by atoms with Crippen molar-refractivity contribution in [2.45, 2.75) is 38.0 Å². The fourth-order valence-electron chi connectivity index (χ4n) is 4.09. The van der Waals surface area contributed by atoms with Crippen LogP contribution in [-0.4, -0.2) is 18.4 Å². The van der Waals surface area contributed by atoms with Crippen LogP contribution in [-0.2, 0) is 4.79 Å². The lowest BCUT2D eigenvalue weighted by Gasteiger charge is -2.22. The fourth-order valence-corrected chi connectivity index (χ4v) is 4.09. The molecule has 0 radical (unpaired) electrons. The molecule has 1 aliphatic carbocycles. The van der Waals surface area contributed by atoms with Crippen molar-refractivity contribution in [1.82, 2.24) is 0 Å². The van der Waals surface area contributed by atoms with Crippen LogP contribution >= 0.6 is 0 Å². The minimum atomic E-state index is -0.257. The van der Waals surface area contributed by atoms with Crippen LogP contribution in [0.25, 0.3) is 0 Å². The van der Waals surface area contributed by atoms with Gasteiger partial charge in [-0.15, -0.1) is 0 Å². The highest BCUT2D eigenvalue weighted by Gasteiger charge is 2.15. The van der Waals surface area contributed by atoms with Gasteiger partial charge in [-0.05, 0) is 66.8 Å². The molecule has 1 fully saturated rings. The van der Waals surface area contributed by atoms with Gasteiger partial charge in [0.1, 0.15) is 5.75 Å². The van der Waals surface area contributed by atoms with Crippen molar-refractivity contribution in [2.24, 2.45) is 0 Å². The highest BCUT2D eigenvalue weighted by Crippen LogP contribution is 2.33. The van der Waals surface area contributed by atoms with Gasteiger partial charge in [-0.3, -0.25) is 9.59 Å². The van der Waals surface area contributed by atoms with Crippen molar-refractivity contribution < 1.29 is 14.3 Å². The monoisotopic (exact) mass is 428 g/mol. The van der Waals surface area contributed by atoms with Crippen LogP contribution in [0.15, 0.2) is 78.9 Å². The first-order valence-electron chi connectivity index (χ1n) is 11.2. The summed E-state index contributed by atoms with van der Waals surface area (Å²) in [7, 11) is 0. The maximum Gasteiger partial charge on any atom is 0.262 e. The summed E-state index contributed by atoms with van der Waals surface area (Å²) in [6, 6.07) is 24.1. The topological polar surface area (TPSA) is 67.4 Å². The number of carbonyl (C=O) groups excluding carboxylic acids is 2. The van der Waals surface area contributed by atoms with E-state index in [1.807, 2.05) is 30.3 Å². The Labute approximate surface area is 188 Å². The summed E-state index contributed by atoms with van der Waals surface area (Å²) in [6.45, 7) is -0.0800. The van der Waals surface area contributed by atoms with Crippen molar-refractivity contribution in [3.8, 4) is 5.75 Å². The zero-order valence-corrected chi connectivity index (χ0v) is 18.1. The summed E-state index contributed by atoms with van der Waals surface area (Å²) in [5, 5.41) is 5.65. The number of amides is 2. The quantitative estimate of drug-likeness (QED) is 0.485. The average molecular weight is 429 g/mol. The molecule has 0 aromatic heterocycles. The summed E-state index contributed by atoms with van der Waals surface area (Å²) in [5.74, 6) is 0.876. The van der Waals surface area contributed by atoms with E-state index >= 15 is 0 Å². The van der Waals surface area contributed by atoms with Crippen LogP contribution in [0.1, 0.15) is 53.9 Å². The normalized spacial score (nSPS) is 13.9. The van der Waals surface area contributed by atoms with Gasteiger partial charge in [-0.25, -0.2) is 0 Å². The molecule has 2 N–H and O–H groups in total. The molecular weight excluding hydrogens is 400 g/mol. The predicted molar refractivity (Wildman–Crippen MR) is 127 cm³/mol. The lowest BCUT2D eigenvalue weighted by atomic mass is 9.84. The number of carbonyl (C=O) groups is 2. The lowest BCUT2D eigenvalue weighted by Crippen LogP contribution is -2.20. The highest BCUT2D eigenvalue weighted by molar-refractivity contribution is 6.04. The van der Waals surface area contributed by atoms with Crippen LogP contribution in [0.3, 0.4) is 0 Å². The molecule has 0 spiro atoms. The number of hydrogen-bond donors (Lipinski definition) is 2. The van der Waals surface area contributed by atoms with Gasteiger partial charge in [0.05, 0.1) is 0 Å². The van der Waals surface area contributed by atoms with E-state index in [2.05, 4.69) is 22.8 Å². The van der Waals surface area contributed by atoms with Crippen molar-refractivity contribution >= 4 is 23.2 Å². The molecule has 0 atom stereocenters. The van der Waals surface area contributed by atoms with Crippen LogP contribution in [0.2, 0.25) is 0 Å². The Kier molecular flexibility index (Phi) is 7.18. The fraction of sp³-hybridized carbons (Fsp3) is 0.259. The zero-order chi connectivity index (χ0) is 22.2. The smallest absolute Gasteiger partial charge is 0.262 e. The maximum absolute atomic E-state index is 12.3. The van der Waals surface area contributed by atoms with Gasteiger partial charge in [0, 0.05) is 16.9 Å². The summed E-state index contributed by atoms with van der Waals surface area (Å²) < 4.78 is 5.65. The molecule has 32 heavy (non-hydrogen) atoms. The van der Waals surface area contributed by atoms with Gasteiger partial charge in [-0.2, -0.15) is 0 Å². The maximum atomic E-state index is 12.3. The summed E-state index contributed by atoms with van der Waals surface area (Å²) >= 11 is 0. The van der Waals surface area contributed by atoms with E-state index < -0.39 is 0 Å². The number of anilines is 2. The first-order valence-corrected chi connectivity index (χ1v) is 11.2. The van der Waals surface area contributed by atoms with E-state index in [9.17, 15) is 9.59 Å². The largest absolute Gasteiger partial charge is 0.484 e. The van der Waals surface area contributed by atoms with Crippen molar-refractivity contribution in [3.05, 3.63) is 90.0 Å². The second kappa shape index (κ2) is 10.6. The molecule has 0 saturated heterocycles. The number of rotatable bonds is 7. The molecule has 5 heteroatoms.